The van der Waals surface area contributed by atoms with E-state index < -0.39 is 0 Å². The van der Waals surface area contributed by atoms with Crippen molar-refractivity contribution in [3.05, 3.63) is 34.3 Å². The van der Waals surface area contributed by atoms with Crippen LogP contribution < -0.4 is 5.73 Å². The van der Waals surface area contributed by atoms with Crippen LogP contribution in [0.4, 0.5) is 0 Å². The normalized spacial score (nSPS) is 12.9. The van der Waals surface area contributed by atoms with Gasteiger partial charge < -0.3 is 5.73 Å². The van der Waals surface area contributed by atoms with Crippen molar-refractivity contribution in [2.75, 3.05) is 0 Å². The summed E-state index contributed by atoms with van der Waals surface area (Å²) in [6, 6.07) is 6.18. The molecule has 1 nitrogen and oxygen atoms in total. The lowest BCUT2D eigenvalue weighted by atomic mass is 10.0. The van der Waals surface area contributed by atoms with E-state index in [4.69, 9.17) is 17.3 Å². The monoisotopic (exact) mass is 197 g/mol. The van der Waals surface area contributed by atoms with Crippen LogP contribution in [0.15, 0.2) is 18.2 Å². The molecule has 0 saturated carbocycles. The Morgan fingerprint density at radius 1 is 1.46 bits per heavy atom. The molecule has 1 atom stereocenters. The summed E-state index contributed by atoms with van der Waals surface area (Å²) in [5.74, 6) is 0. The van der Waals surface area contributed by atoms with E-state index in [9.17, 15) is 0 Å². The first kappa shape index (κ1) is 10.6. The second kappa shape index (κ2) is 4.64. The summed E-state index contributed by atoms with van der Waals surface area (Å²) >= 11 is 6.00. The predicted molar refractivity (Wildman–Crippen MR) is 58.0 cm³/mol. The van der Waals surface area contributed by atoms with Crippen molar-refractivity contribution >= 4 is 11.6 Å². The summed E-state index contributed by atoms with van der Waals surface area (Å²) in [6.45, 7) is 4.13. The van der Waals surface area contributed by atoms with Crippen LogP contribution in [-0.2, 0) is 0 Å². The minimum absolute atomic E-state index is 0.128. The summed E-state index contributed by atoms with van der Waals surface area (Å²) in [6.07, 6.45) is 2.12. The smallest absolute Gasteiger partial charge is 0.0438 e. The lowest BCUT2D eigenvalue weighted by Crippen LogP contribution is -2.09. The molecule has 2 heteroatoms. The van der Waals surface area contributed by atoms with E-state index in [0.29, 0.717) is 0 Å². The zero-order valence-electron chi connectivity index (χ0n) is 8.18. The Kier molecular flexibility index (Phi) is 3.76. The zero-order chi connectivity index (χ0) is 9.84. The number of rotatable bonds is 3. The van der Waals surface area contributed by atoms with Gasteiger partial charge in [-0.3, -0.25) is 0 Å². The van der Waals surface area contributed by atoms with Crippen molar-refractivity contribution in [2.45, 2.75) is 32.7 Å². The molecular formula is C11H16ClN. The first-order valence-electron chi connectivity index (χ1n) is 4.66. The summed E-state index contributed by atoms with van der Waals surface area (Å²) in [5, 5.41) is 0.809. The minimum atomic E-state index is 0.128. The van der Waals surface area contributed by atoms with E-state index in [2.05, 4.69) is 13.0 Å². The summed E-state index contributed by atoms with van der Waals surface area (Å²) in [7, 11) is 0. The number of hydrogen-bond acceptors (Lipinski definition) is 1. The van der Waals surface area contributed by atoms with E-state index >= 15 is 0 Å². The van der Waals surface area contributed by atoms with Gasteiger partial charge in [0.2, 0.25) is 0 Å². The minimum Gasteiger partial charge on any atom is -0.324 e. The van der Waals surface area contributed by atoms with Crippen LogP contribution in [0.3, 0.4) is 0 Å². The highest BCUT2D eigenvalue weighted by Crippen LogP contribution is 2.22. The Bertz CT molecular complexity index is 283. The van der Waals surface area contributed by atoms with Crippen molar-refractivity contribution in [3.63, 3.8) is 0 Å². The van der Waals surface area contributed by atoms with Gasteiger partial charge in [0.25, 0.3) is 0 Å². The molecule has 0 aliphatic heterocycles. The maximum atomic E-state index is 6.00. The van der Waals surface area contributed by atoms with Crippen molar-refractivity contribution in [1.82, 2.24) is 0 Å². The molecule has 0 aliphatic carbocycles. The summed E-state index contributed by atoms with van der Waals surface area (Å²) < 4.78 is 0. The fourth-order valence-corrected chi connectivity index (χ4v) is 1.51. The maximum absolute atomic E-state index is 6.00. The molecule has 72 valence electrons. The number of hydrogen-bond donors (Lipinski definition) is 1. The second-order valence-electron chi connectivity index (χ2n) is 3.40. The van der Waals surface area contributed by atoms with Gasteiger partial charge in [0.1, 0.15) is 0 Å². The van der Waals surface area contributed by atoms with Crippen molar-refractivity contribution in [1.29, 1.82) is 0 Å². The molecule has 0 aromatic heterocycles. The molecule has 0 unspecified atom stereocenters. The van der Waals surface area contributed by atoms with Gasteiger partial charge in [0.15, 0.2) is 0 Å². The average Bonchev–Trinajstić information content (AvgIpc) is 2.10. The molecule has 0 aliphatic rings. The van der Waals surface area contributed by atoms with Gasteiger partial charge in [-0.1, -0.05) is 37.1 Å². The molecule has 13 heavy (non-hydrogen) atoms. The van der Waals surface area contributed by atoms with Crippen LogP contribution in [0.25, 0.3) is 0 Å². The molecule has 0 spiro atoms. The molecule has 0 bridgehead atoms. The van der Waals surface area contributed by atoms with E-state index in [0.717, 1.165) is 29.0 Å². The van der Waals surface area contributed by atoms with E-state index in [1.165, 1.54) is 0 Å². The molecule has 1 aromatic rings. The Morgan fingerprint density at radius 2 is 2.15 bits per heavy atom. The van der Waals surface area contributed by atoms with Crippen LogP contribution in [0.5, 0.6) is 0 Å². The van der Waals surface area contributed by atoms with Crippen LogP contribution in [0.2, 0.25) is 5.02 Å². The lowest BCUT2D eigenvalue weighted by Gasteiger charge is -2.11. The number of halogens is 1. The van der Waals surface area contributed by atoms with E-state index in [1.807, 2.05) is 19.1 Å². The molecular weight excluding hydrogens is 182 g/mol. The molecule has 0 radical (unpaired) electrons. The largest absolute Gasteiger partial charge is 0.324 e. The summed E-state index contributed by atoms with van der Waals surface area (Å²) in [5.41, 5.74) is 8.21. The van der Waals surface area contributed by atoms with Gasteiger partial charge in [-0.2, -0.15) is 0 Å². The van der Waals surface area contributed by atoms with Crippen LogP contribution in [-0.4, -0.2) is 0 Å². The highest BCUT2D eigenvalue weighted by molar-refractivity contribution is 6.31. The number of benzene rings is 1. The van der Waals surface area contributed by atoms with Crippen molar-refractivity contribution in [2.24, 2.45) is 5.73 Å². The van der Waals surface area contributed by atoms with Crippen LogP contribution in [0, 0.1) is 6.92 Å². The zero-order valence-corrected chi connectivity index (χ0v) is 8.93. The highest BCUT2D eigenvalue weighted by Gasteiger charge is 2.05. The quantitative estimate of drug-likeness (QED) is 0.790. The lowest BCUT2D eigenvalue weighted by molar-refractivity contribution is 0.638. The molecule has 0 heterocycles. The number of aryl methyl sites for hydroxylation is 1. The van der Waals surface area contributed by atoms with Gasteiger partial charge in [0, 0.05) is 11.1 Å². The first-order valence-corrected chi connectivity index (χ1v) is 5.04. The number of nitrogens with two attached hydrogens (primary N) is 1. The Balaban J connectivity index is 2.84. The average molecular weight is 198 g/mol. The maximum Gasteiger partial charge on any atom is 0.0438 e. The molecule has 1 aromatic carbocycles. The molecule has 0 fully saturated rings. The third kappa shape index (κ3) is 2.71. The molecule has 2 N–H and O–H groups in total. The SMILES string of the molecule is CCC[C@H](N)c1ccc(C)c(Cl)c1. The Hall–Kier alpha value is -0.530. The van der Waals surface area contributed by atoms with Crippen LogP contribution in [0.1, 0.15) is 36.9 Å². The van der Waals surface area contributed by atoms with Crippen molar-refractivity contribution < 1.29 is 0 Å². The van der Waals surface area contributed by atoms with E-state index in [1.54, 1.807) is 0 Å². The fraction of sp³-hybridized carbons (Fsp3) is 0.455. The predicted octanol–water partition coefficient (Wildman–Crippen LogP) is 3.45. The fourth-order valence-electron chi connectivity index (χ4n) is 1.32. The highest BCUT2D eigenvalue weighted by atomic mass is 35.5. The summed E-state index contributed by atoms with van der Waals surface area (Å²) in [4.78, 5) is 0. The topological polar surface area (TPSA) is 26.0 Å². The van der Waals surface area contributed by atoms with Gasteiger partial charge in [-0.05, 0) is 30.5 Å². The van der Waals surface area contributed by atoms with Crippen LogP contribution >= 0.6 is 11.6 Å². The van der Waals surface area contributed by atoms with Gasteiger partial charge in [-0.15, -0.1) is 0 Å². The van der Waals surface area contributed by atoms with Gasteiger partial charge >= 0.3 is 0 Å². The molecule has 0 amide bonds. The van der Waals surface area contributed by atoms with Gasteiger partial charge in [-0.25, -0.2) is 0 Å². The molecule has 0 saturated heterocycles. The molecule has 1 rings (SSSR count). The van der Waals surface area contributed by atoms with Gasteiger partial charge in [0.05, 0.1) is 0 Å². The van der Waals surface area contributed by atoms with E-state index in [-0.39, 0.29) is 6.04 Å². The second-order valence-corrected chi connectivity index (χ2v) is 3.81. The Morgan fingerprint density at radius 3 is 2.69 bits per heavy atom. The first-order chi connectivity index (χ1) is 6.15. The standard InChI is InChI=1S/C11H16ClN/c1-3-4-11(13)9-6-5-8(2)10(12)7-9/h5-7,11H,3-4,13H2,1-2H3/t11-/m0/s1. The third-order valence-electron chi connectivity index (χ3n) is 2.22. The third-order valence-corrected chi connectivity index (χ3v) is 2.63. The van der Waals surface area contributed by atoms with Crippen molar-refractivity contribution in [3.8, 4) is 0 Å². The Labute approximate surface area is 84.9 Å².